The van der Waals surface area contributed by atoms with Gasteiger partial charge in [-0.25, -0.2) is 23.1 Å². The average molecular weight is 417 g/mol. The van der Waals surface area contributed by atoms with Gasteiger partial charge in [-0.2, -0.15) is 0 Å². The van der Waals surface area contributed by atoms with Gasteiger partial charge in [0, 0.05) is 43.7 Å². The molecular weight excluding hydrogens is 393 g/mol. The summed E-state index contributed by atoms with van der Waals surface area (Å²) in [5.74, 6) is -1.30. The number of carbonyl (C=O) groups excluding carboxylic acids is 1. The monoisotopic (exact) mass is 416 g/mol. The molecule has 1 unspecified atom stereocenters. The third-order valence-corrected chi connectivity index (χ3v) is 4.70. The summed E-state index contributed by atoms with van der Waals surface area (Å²) in [5, 5.41) is 0.150. The highest BCUT2D eigenvalue weighted by molar-refractivity contribution is 6.32. The molecule has 9 heteroatoms. The third kappa shape index (κ3) is 5.54. The molecule has 154 valence electrons. The lowest BCUT2D eigenvalue weighted by Gasteiger charge is -2.24. The van der Waals surface area contributed by atoms with E-state index in [1.165, 1.54) is 0 Å². The molecular formula is C19H24ClF3N4O. The van der Waals surface area contributed by atoms with E-state index >= 15 is 0 Å². The molecule has 28 heavy (non-hydrogen) atoms. The van der Waals surface area contributed by atoms with Gasteiger partial charge in [0.25, 0.3) is 0 Å². The van der Waals surface area contributed by atoms with Crippen LogP contribution in [0.25, 0.3) is 11.0 Å². The third-order valence-electron chi connectivity index (χ3n) is 4.44. The fourth-order valence-corrected chi connectivity index (χ4v) is 3.08. The lowest BCUT2D eigenvalue weighted by Crippen LogP contribution is -2.36. The normalized spacial score (nSPS) is 16.6. The summed E-state index contributed by atoms with van der Waals surface area (Å²) in [6.45, 7) is 5.03. The van der Waals surface area contributed by atoms with Gasteiger partial charge >= 0.3 is 0 Å². The smallest absolute Gasteiger partial charge is 0.172 e. The number of fused-ring (bicyclic) bond motifs is 1. The van der Waals surface area contributed by atoms with E-state index < -0.39 is 18.3 Å². The fraction of sp³-hybridized carbons (Fsp3) is 0.526. The number of benzene rings is 1. The predicted octanol–water partition coefficient (Wildman–Crippen LogP) is 3.88. The van der Waals surface area contributed by atoms with E-state index in [9.17, 15) is 18.0 Å². The lowest BCUT2D eigenvalue weighted by atomic mass is 10.2. The molecule has 0 bridgehead atoms. The summed E-state index contributed by atoms with van der Waals surface area (Å²) in [6.07, 6.45) is 1.77. The number of aldehydes is 1. The lowest BCUT2D eigenvalue weighted by molar-refractivity contribution is -0.110. The molecule has 1 aromatic heterocycles. The minimum atomic E-state index is -0.982. The van der Waals surface area contributed by atoms with Crippen molar-refractivity contribution in [2.75, 3.05) is 38.3 Å². The maximum Gasteiger partial charge on any atom is 0.172 e. The molecule has 0 N–H and O–H groups in total. The van der Waals surface area contributed by atoms with Crippen LogP contribution in [0.2, 0.25) is 5.15 Å². The molecule has 0 spiro atoms. The molecule has 2 heterocycles. The quantitative estimate of drug-likeness (QED) is 0.692. The topological polar surface area (TPSA) is 49.3 Å². The first-order valence-corrected chi connectivity index (χ1v) is 9.43. The van der Waals surface area contributed by atoms with Crippen molar-refractivity contribution in [2.24, 2.45) is 5.92 Å². The molecule has 1 atom stereocenters. The number of likely N-dealkylation sites (N-methyl/N-ethyl adjacent to an activating group) is 1. The SMILES string of the molecule is CC(C)C=O.CN(CCF)C1CCN(c2nc3cc(F)c(F)cc3nc2Cl)C1. The van der Waals surface area contributed by atoms with Crippen LogP contribution >= 0.6 is 11.6 Å². The Balaban J connectivity index is 0.000000500. The molecule has 3 rings (SSSR count). The minimum Gasteiger partial charge on any atom is -0.352 e. The molecule has 2 aromatic rings. The van der Waals surface area contributed by atoms with E-state index in [4.69, 9.17) is 11.6 Å². The summed E-state index contributed by atoms with van der Waals surface area (Å²) in [5.41, 5.74) is 0.465. The molecule has 1 fully saturated rings. The second-order valence-electron chi connectivity index (χ2n) is 7.03. The molecule has 1 aromatic carbocycles. The zero-order valence-corrected chi connectivity index (χ0v) is 16.9. The van der Waals surface area contributed by atoms with Gasteiger partial charge in [0.2, 0.25) is 0 Å². The minimum absolute atomic E-state index is 0.150. The highest BCUT2D eigenvalue weighted by Crippen LogP contribution is 2.29. The van der Waals surface area contributed by atoms with E-state index in [0.717, 1.165) is 24.8 Å². The first kappa shape index (κ1) is 22.4. The van der Waals surface area contributed by atoms with Crippen molar-refractivity contribution in [1.29, 1.82) is 0 Å². The average Bonchev–Trinajstić information content (AvgIpc) is 3.13. The number of nitrogens with zero attached hydrogens (tertiary/aromatic N) is 4. The number of carbonyl (C=O) groups is 1. The van der Waals surface area contributed by atoms with Crippen LogP contribution in [-0.2, 0) is 4.79 Å². The first-order chi connectivity index (χ1) is 13.3. The number of aromatic nitrogens is 2. The predicted molar refractivity (Wildman–Crippen MR) is 105 cm³/mol. The van der Waals surface area contributed by atoms with Crippen LogP contribution in [-0.4, -0.2) is 60.6 Å². The van der Waals surface area contributed by atoms with Gasteiger partial charge in [0.05, 0.1) is 11.0 Å². The van der Waals surface area contributed by atoms with Crippen LogP contribution in [0.1, 0.15) is 20.3 Å². The molecule has 0 radical (unpaired) electrons. The Morgan fingerprint density at radius 1 is 1.29 bits per heavy atom. The summed E-state index contributed by atoms with van der Waals surface area (Å²) in [4.78, 5) is 21.8. The Morgan fingerprint density at radius 2 is 1.86 bits per heavy atom. The Hall–Kier alpha value is -1.93. The highest BCUT2D eigenvalue weighted by Gasteiger charge is 2.28. The van der Waals surface area contributed by atoms with Gasteiger partial charge < -0.3 is 9.69 Å². The van der Waals surface area contributed by atoms with Crippen molar-refractivity contribution in [1.82, 2.24) is 14.9 Å². The standard InChI is InChI=1S/C15H16ClF3N4.C4H8O/c1-22(5-3-17)9-2-4-23(8-9)15-14(16)20-12-6-10(18)11(19)7-13(12)21-15;1-4(2)3-5/h6-7,9H,2-5,8H2,1H3;3-4H,1-2H3. The van der Waals surface area contributed by atoms with Crippen molar-refractivity contribution >= 4 is 34.7 Å². The van der Waals surface area contributed by atoms with Crippen molar-refractivity contribution in [2.45, 2.75) is 26.3 Å². The van der Waals surface area contributed by atoms with Gasteiger partial charge in [-0.05, 0) is 13.5 Å². The molecule has 0 aliphatic carbocycles. The van der Waals surface area contributed by atoms with E-state index in [2.05, 4.69) is 9.97 Å². The Labute approximate surface area is 167 Å². The van der Waals surface area contributed by atoms with Crippen molar-refractivity contribution in [3.8, 4) is 0 Å². The second-order valence-corrected chi connectivity index (χ2v) is 7.39. The van der Waals surface area contributed by atoms with Crippen LogP contribution in [0.3, 0.4) is 0 Å². The number of halogens is 4. The van der Waals surface area contributed by atoms with Crippen molar-refractivity contribution in [3.63, 3.8) is 0 Å². The summed E-state index contributed by atoms with van der Waals surface area (Å²) < 4.78 is 39.1. The van der Waals surface area contributed by atoms with Crippen molar-refractivity contribution < 1.29 is 18.0 Å². The number of alkyl halides is 1. The highest BCUT2D eigenvalue weighted by atomic mass is 35.5. The van der Waals surface area contributed by atoms with Crippen LogP contribution in [0.5, 0.6) is 0 Å². The van der Waals surface area contributed by atoms with E-state index in [1.54, 1.807) is 0 Å². The number of rotatable bonds is 5. The van der Waals surface area contributed by atoms with Crippen molar-refractivity contribution in [3.05, 3.63) is 28.9 Å². The van der Waals surface area contributed by atoms with E-state index in [-0.39, 0.29) is 28.1 Å². The number of hydrogen-bond donors (Lipinski definition) is 0. The summed E-state index contributed by atoms with van der Waals surface area (Å²) in [7, 11) is 1.87. The van der Waals surface area contributed by atoms with Gasteiger partial charge in [0.1, 0.15) is 13.0 Å². The maximum absolute atomic E-state index is 13.4. The maximum atomic E-state index is 13.4. The Bertz CT molecular complexity index is 821. The molecule has 1 aliphatic heterocycles. The summed E-state index contributed by atoms with van der Waals surface area (Å²) in [6, 6.07) is 2.19. The Morgan fingerprint density at radius 3 is 2.39 bits per heavy atom. The van der Waals surface area contributed by atoms with Crippen LogP contribution in [0, 0.1) is 17.6 Å². The van der Waals surface area contributed by atoms with Gasteiger partial charge in [0.15, 0.2) is 22.6 Å². The van der Waals surface area contributed by atoms with E-state index in [1.807, 2.05) is 30.7 Å². The zero-order chi connectivity index (χ0) is 20.8. The fourth-order valence-electron chi connectivity index (χ4n) is 2.83. The molecule has 5 nitrogen and oxygen atoms in total. The first-order valence-electron chi connectivity index (χ1n) is 9.05. The van der Waals surface area contributed by atoms with Gasteiger partial charge in [-0.15, -0.1) is 0 Å². The molecule has 0 amide bonds. The second kappa shape index (κ2) is 10.0. The molecule has 1 saturated heterocycles. The number of anilines is 1. The number of hydrogen-bond acceptors (Lipinski definition) is 5. The Kier molecular flexibility index (Phi) is 8.00. The molecule has 0 saturated carbocycles. The van der Waals surface area contributed by atoms with Gasteiger partial charge in [-0.3, -0.25) is 4.90 Å². The van der Waals surface area contributed by atoms with Crippen LogP contribution < -0.4 is 4.90 Å². The summed E-state index contributed by atoms with van der Waals surface area (Å²) >= 11 is 6.16. The van der Waals surface area contributed by atoms with E-state index in [0.29, 0.717) is 25.5 Å². The van der Waals surface area contributed by atoms with Crippen LogP contribution in [0.15, 0.2) is 12.1 Å². The molecule has 1 aliphatic rings. The van der Waals surface area contributed by atoms with Crippen LogP contribution in [0.4, 0.5) is 19.0 Å². The zero-order valence-electron chi connectivity index (χ0n) is 16.1. The van der Waals surface area contributed by atoms with Gasteiger partial charge in [-0.1, -0.05) is 25.4 Å². The largest absolute Gasteiger partial charge is 0.352 e.